The summed E-state index contributed by atoms with van der Waals surface area (Å²) in [6, 6.07) is 5.82. The predicted molar refractivity (Wildman–Crippen MR) is 42.6 cm³/mol. The molecule has 0 bridgehead atoms. The molecule has 0 amide bonds. The van der Waals surface area contributed by atoms with Crippen LogP contribution in [0.4, 0.5) is 0 Å². The molecular weight excluding hydrogens is 144 g/mol. The van der Waals surface area contributed by atoms with E-state index in [2.05, 4.69) is 5.10 Å². The molecule has 0 aliphatic carbocycles. The Morgan fingerprint density at radius 3 is 3.20 bits per heavy atom. The summed E-state index contributed by atoms with van der Waals surface area (Å²) in [6.45, 7) is 0. The summed E-state index contributed by atoms with van der Waals surface area (Å²) in [6.07, 6.45) is 3.79. The summed E-state index contributed by atoms with van der Waals surface area (Å²) < 4.78 is 2.79. The van der Waals surface area contributed by atoms with Crippen molar-refractivity contribution in [2.24, 2.45) is 0 Å². The molecule has 2 heterocycles. The van der Waals surface area contributed by atoms with Gasteiger partial charge < -0.3 is 5.10 Å². The largest absolute Gasteiger partial charge is 0.302 e. The fraction of sp³-hybridized carbons (Fsp3) is 0. The first kappa shape index (κ1) is 5.68. The van der Waals surface area contributed by atoms with Gasteiger partial charge in [-0.25, -0.2) is 0 Å². The van der Waals surface area contributed by atoms with E-state index in [4.69, 9.17) is 12.2 Å². The minimum atomic E-state index is 0.875. The van der Waals surface area contributed by atoms with Crippen molar-refractivity contribution in [3.05, 3.63) is 35.1 Å². The van der Waals surface area contributed by atoms with E-state index >= 15 is 0 Å². The van der Waals surface area contributed by atoms with Crippen molar-refractivity contribution in [1.82, 2.24) is 9.61 Å². The van der Waals surface area contributed by atoms with Gasteiger partial charge in [0, 0.05) is 16.9 Å². The monoisotopic (exact) mass is 150 g/mol. The van der Waals surface area contributed by atoms with Gasteiger partial charge in [0.25, 0.3) is 0 Å². The Morgan fingerprint density at radius 2 is 2.30 bits per heavy atom. The maximum Gasteiger partial charge on any atom is 0.0652 e. The van der Waals surface area contributed by atoms with E-state index in [9.17, 15) is 0 Å². The van der Waals surface area contributed by atoms with Gasteiger partial charge in [-0.15, -0.1) is 0 Å². The summed E-state index contributed by atoms with van der Waals surface area (Å²) in [4.78, 5) is 0. The molecule has 2 rings (SSSR count). The molecule has 50 valence electrons. The Bertz CT molecular complexity index is 399. The smallest absolute Gasteiger partial charge is 0.0652 e. The lowest BCUT2D eigenvalue weighted by Gasteiger charge is -1.89. The van der Waals surface area contributed by atoms with Crippen molar-refractivity contribution in [3.63, 3.8) is 0 Å². The predicted octanol–water partition coefficient (Wildman–Crippen LogP) is 2.00. The summed E-state index contributed by atoms with van der Waals surface area (Å²) in [5.41, 5.74) is 1.10. The normalized spacial score (nSPS) is 10.4. The third-order valence-corrected chi connectivity index (χ3v) is 1.68. The van der Waals surface area contributed by atoms with Gasteiger partial charge in [0.2, 0.25) is 0 Å². The van der Waals surface area contributed by atoms with E-state index in [1.807, 2.05) is 35.1 Å². The van der Waals surface area contributed by atoms with Crippen molar-refractivity contribution in [2.75, 3.05) is 0 Å². The van der Waals surface area contributed by atoms with E-state index in [1.165, 1.54) is 0 Å². The standard InChI is InChI=1S/C7H6N2S/c10-7-2-4-9-6(5-7)1-3-8-9/h1-5,8H. The van der Waals surface area contributed by atoms with Crippen molar-refractivity contribution in [1.29, 1.82) is 0 Å². The number of H-pyrrole nitrogens is 1. The molecular formula is C7H6N2S. The van der Waals surface area contributed by atoms with Crippen LogP contribution in [0.25, 0.3) is 5.52 Å². The van der Waals surface area contributed by atoms with Crippen LogP contribution in [0.2, 0.25) is 0 Å². The molecule has 0 aliphatic rings. The summed E-state index contributed by atoms with van der Waals surface area (Å²) >= 11 is 4.98. The molecule has 2 nitrogen and oxygen atoms in total. The first-order valence-corrected chi connectivity index (χ1v) is 3.43. The third-order valence-electron chi connectivity index (χ3n) is 1.42. The van der Waals surface area contributed by atoms with Gasteiger partial charge in [0.15, 0.2) is 0 Å². The first-order chi connectivity index (χ1) is 4.86. The molecule has 0 aromatic carbocycles. The second-order valence-corrected chi connectivity index (χ2v) is 2.59. The SMILES string of the molecule is S=c1ccn2[nH]ccc2c1. The highest BCUT2D eigenvalue weighted by molar-refractivity contribution is 7.71. The Balaban J connectivity index is 2.99. The van der Waals surface area contributed by atoms with E-state index in [-0.39, 0.29) is 0 Å². The average Bonchev–Trinajstić information content (AvgIpc) is 2.33. The number of aromatic nitrogens is 2. The second-order valence-electron chi connectivity index (χ2n) is 2.12. The molecule has 10 heavy (non-hydrogen) atoms. The number of fused-ring (bicyclic) bond motifs is 1. The highest BCUT2D eigenvalue weighted by Gasteiger charge is 1.86. The van der Waals surface area contributed by atoms with E-state index in [1.54, 1.807) is 0 Å². The zero-order valence-electron chi connectivity index (χ0n) is 5.24. The van der Waals surface area contributed by atoms with Crippen molar-refractivity contribution < 1.29 is 0 Å². The average molecular weight is 150 g/mol. The minimum Gasteiger partial charge on any atom is -0.302 e. The zero-order valence-corrected chi connectivity index (χ0v) is 6.06. The van der Waals surface area contributed by atoms with E-state index in [0.29, 0.717) is 0 Å². The number of nitrogens with one attached hydrogen (secondary N) is 1. The van der Waals surface area contributed by atoms with E-state index in [0.717, 1.165) is 10.0 Å². The number of hydrogen-bond acceptors (Lipinski definition) is 1. The van der Waals surface area contributed by atoms with Crippen molar-refractivity contribution in [3.8, 4) is 0 Å². The van der Waals surface area contributed by atoms with Gasteiger partial charge >= 0.3 is 0 Å². The van der Waals surface area contributed by atoms with Crippen LogP contribution in [0, 0.1) is 4.51 Å². The minimum absolute atomic E-state index is 0.875. The highest BCUT2D eigenvalue weighted by Crippen LogP contribution is 2.00. The highest BCUT2D eigenvalue weighted by atomic mass is 32.1. The number of hydrogen-bond donors (Lipinski definition) is 1. The second kappa shape index (κ2) is 1.95. The van der Waals surface area contributed by atoms with Gasteiger partial charge in [-0.05, 0) is 18.2 Å². The molecule has 0 saturated carbocycles. The van der Waals surface area contributed by atoms with Crippen LogP contribution in [-0.4, -0.2) is 9.61 Å². The maximum absolute atomic E-state index is 4.98. The lowest BCUT2D eigenvalue weighted by Crippen LogP contribution is -1.82. The molecule has 0 radical (unpaired) electrons. The maximum atomic E-state index is 4.98. The lowest BCUT2D eigenvalue weighted by atomic mass is 10.4. The Hall–Kier alpha value is -1.09. The number of aromatic amines is 1. The molecule has 3 heteroatoms. The van der Waals surface area contributed by atoms with Gasteiger partial charge in [-0.1, -0.05) is 12.2 Å². The van der Waals surface area contributed by atoms with Crippen molar-refractivity contribution >= 4 is 17.7 Å². The Morgan fingerprint density at radius 1 is 1.40 bits per heavy atom. The van der Waals surface area contributed by atoms with Crippen LogP contribution < -0.4 is 0 Å². The third kappa shape index (κ3) is 0.752. The number of nitrogens with zero attached hydrogens (tertiary/aromatic N) is 1. The van der Waals surface area contributed by atoms with Crippen LogP contribution in [0.3, 0.4) is 0 Å². The Kier molecular flexibility index (Phi) is 1.11. The van der Waals surface area contributed by atoms with Crippen LogP contribution in [0.5, 0.6) is 0 Å². The fourth-order valence-electron chi connectivity index (χ4n) is 0.946. The van der Waals surface area contributed by atoms with Crippen molar-refractivity contribution in [2.45, 2.75) is 0 Å². The first-order valence-electron chi connectivity index (χ1n) is 3.02. The van der Waals surface area contributed by atoms with Crippen LogP contribution in [-0.2, 0) is 0 Å². The topological polar surface area (TPSA) is 20.2 Å². The fourth-order valence-corrected chi connectivity index (χ4v) is 1.13. The molecule has 0 aliphatic heterocycles. The van der Waals surface area contributed by atoms with Gasteiger partial charge in [-0.3, -0.25) is 4.52 Å². The molecule has 2 aromatic heterocycles. The molecule has 0 atom stereocenters. The molecule has 1 N–H and O–H groups in total. The van der Waals surface area contributed by atoms with Crippen LogP contribution in [0.15, 0.2) is 30.6 Å². The zero-order chi connectivity index (χ0) is 6.97. The molecule has 0 unspecified atom stereocenters. The van der Waals surface area contributed by atoms with Gasteiger partial charge in [-0.2, -0.15) is 0 Å². The van der Waals surface area contributed by atoms with Gasteiger partial charge in [0.1, 0.15) is 0 Å². The molecule has 0 saturated heterocycles. The molecule has 0 fully saturated rings. The summed E-state index contributed by atoms with van der Waals surface area (Å²) in [5.74, 6) is 0. The summed E-state index contributed by atoms with van der Waals surface area (Å²) in [7, 11) is 0. The molecule has 2 aromatic rings. The van der Waals surface area contributed by atoms with Gasteiger partial charge in [0.05, 0.1) is 5.52 Å². The quantitative estimate of drug-likeness (QED) is 0.569. The lowest BCUT2D eigenvalue weighted by molar-refractivity contribution is 0.960. The number of rotatable bonds is 0. The number of pyridine rings is 1. The van der Waals surface area contributed by atoms with Crippen LogP contribution in [0.1, 0.15) is 0 Å². The summed E-state index contributed by atoms with van der Waals surface area (Å²) in [5, 5.41) is 3.02. The Labute approximate surface area is 63.1 Å². The molecule has 0 spiro atoms. The van der Waals surface area contributed by atoms with E-state index < -0.39 is 0 Å². The van der Waals surface area contributed by atoms with Crippen LogP contribution >= 0.6 is 12.2 Å².